The van der Waals surface area contributed by atoms with Gasteiger partial charge in [-0.1, -0.05) is 0 Å². The number of nitrogens with two attached hydrogens (primary N) is 1. The Balaban J connectivity index is 2.30. The van der Waals surface area contributed by atoms with Crippen molar-refractivity contribution in [1.29, 1.82) is 0 Å². The topological polar surface area (TPSA) is 69.4 Å². The highest BCUT2D eigenvalue weighted by atomic mass is 16.5. The fraction of sp³-hybridized carbons (Fsp3) is 0.467. The van der Waals surface area contributed by atoms with Crippen molar-refractivity contribution in [2.45, 2.75) is 38.5 Å². The Kier molecular flexibility index (Phi) is 4.20. The number of carbonyl (C=O) groups is 2. The van der Waals surface area contributed by atoms with Gasteiger partial charge in [-0.15, -0.1) is 0 Å². The molecule has 0 heterocycles. The molecule has 4 nitrogen and oxygen atoms in total. The van der Waals surface area contributed by atoms with Crippen molar-refractivity contribution in [3.05, 3.63) is 28.8 Å². The van der Waals surface area contributed by atoms with E-state index in [9.17, 15) is 9.59 Å². The van der Waals surface area contributed by atoms with Gasteiger partial charge in [0.25, 0.3) is 0 Å². The first-order chi connectivity index (χ1) is 9.13. The number of ketones is 1. The average Bonchev–Trinajstić information content (AvgIpc) is 2.43. The summed E-state index contributed by atoms with van der Waals surface area (Å²) >= 11 is 0. The maximum atomic E-state index is 12.2. The molecular weight excluding hydrogens is 242 g/mol. The Morgan fingerprint density at radius 1 is 1.16 bits per heavy atom. The molecule has 1 amide bonds. The molecule has 0 atom stereocenters. The lowest BCUT2D eigenvalue weighted by atomic mass is 9.85. The van der Waals surface area contributed by atoms with E-state index in [1.165, 1.54) is 0 Å². The summed E-state index contributed by atoms with van der Waals surface area (Å²) in [6.45, 7) is 0. The van der Waals surface area contributed by atoms with Crippen molar-refractivity contribution in [3.8, 4) is 5.75 Å². The quantitative estimate of drug-likeness (QED) is 0.824. The fourth-order valence-corrected chi connectivity index (χ4v) is 2.66. The molecule has 0 bridgehead atoms. The van der Waals surface area contributed by atoms with E-state index in [1.54, 1.807) is 7.11 Å². The molecule has 0 aromatic heterocycles. The summed E-state index contributed by atoms with van der Waals surface area (Å²) in [7, 11) is 1.65. The molecule has 2 rings (SSSR count). The summed E-state index contributed by atoms with van der Waals surface area (Å²) in [6, 6.07) is 3.66. The normalized spacial score (nSPS) is 13.7. The van der Waals surface area contributed by atoms with E-state index in [-0.39, 0.29) is 18.6 Å². The van der Waals surface area contributed by atoms with Gasteiger partial charge in [0.15, 0.2) is 5.78 Å². The maximum absolute atomic E-state index is 12.2. The minimum Gasteiger partial charge on any atom is -0.496 e. The number of rotatable bonds is 5. The lowest BCUT2D eigenvalue weighted by Gasteiger charge is -2.21. The third-order valence-corrected chi connectivity index (χ3v) is 3.61. The number of carbonyl (C=O) groups excluding carboxylic acids is 2. The first-order valence-electron chi connectivity index (χ1n) is 6.63. The minimum atomic E-state index is -0.435. The van der Waals surface area contributed by atoms with E-state index in [4.69, 9.17) is 10.5 Å². The van der Waals surface area contributed by atoms with Crippen molar-refractivity contribution >= 4 is 11.7 Å². The lowest BCUT2D eigenvalue weighted by molar-refractivity contribution is -0.118. The van der Waals surface area contributed by atoms with Crippen LogP contribution >= 0.6 is 0 Å². The van der Waals surface area contributed by atoms with Crippen LogP contribution in [0.1, 0.15) is 47.2 Å². The highest BCUT2D eigenvalue weighted by Crippen LogP contribution is 2.32. The zero-order valence-electron chi connectivity index (χ0n) is 11.2. The second-order valence-electron chi connectivity index (χ2n) is 4.87. The summed E-state index contributed by atoms with van der Waals surface area (Å²) in [5, 5.41) is 0. The van der Waals surface area contributed by atoms with E-state index in [1.807, 2.05) is 12.1 Å². The number of hydrogen-bond acceptors (Lipinski definition) is 3. The molecule has 4 heteroatoms. The van der Waals surface area contributed by atoms with Gasteiger partial charge in [-0.05, 0) is 48.9 Å². The van der Waals surface area contributed by atoms with Gasteiger partial charge >= 0.3 is 0 Å². The highest BCUT2D eigenvalue weighted by Gasteiger charge is 2.21. The Labute approximate surface area is 112 Å². The predicted octanol–water partition coefficient (Wildman–Crippen LogP) is 2.02. The molecule has 1 aliphatic carbocycles. The second kappa shape index (κ2) is 5.87. The number of benzene rings is 1. The standard InChI is InChI=1S/C15H19NO3/c1-19-14-8-6-11(13(17)7-9-15(16)18)10-4-2-3-5-12(10)14/h6,8H,2-5,7,9H2,1H3,(H2,16,18). The molecule has 0 aliphatic heterocycles. The smallest absolute Gasteiger partial charge is 0.217 e. The van der Waals surface area contributed by atoms with Gasteiger partial charge < -0.3 is 10.5 Å². The average molecular weight is 261 g/mol. The number of ether oxygens (including phenoxy) is 1. The van der Waals surface area contributed by atoms with Crippen LogP contribution < -0.4 is 10.5 Å². The zero-order chi connectivity index (χ0) is 13.8. The lowest BCUT2D eigenvalue weighted by Crippen LogP contribution is -2.15. The van der Waals surface area contributed by atoms with Gasteiger partial charge in [-0.25, -0.2) is 0 Å². The van der Waals surface area contributed by atoms with E-state index in [0.29, 0.717) is 0 Å². The first kappa shape index (κ1) is 13.6. The molecule has 0 spiro atoms. The highest BCUT2D eigenvalue weighted by molar-refractivity contribution is 5.99. The molecule has 0 saturated heterocycles. The number of Topliss-reactive ketones (excluding diaryl/α,β-unsaturated/α-hetero) is 1. The monoisotopic (exact) mass is 261 g/mol. The largest absolute Gasteiger partial charge is 0.496 e. The Hall–Kier alpha value is -1.84. The molecule has 1 aromatic carbocycles. The van der Waals surface area contributed by atoms with Crippen molar-refractivity contribution in [2.75, 3.05) is 7.11 Å². The molecule has 102 valence electrons. The number of primary amides is 1. The third kappa shape index (κ3) is 2.95. The Morgan fingerprint density at radius 2 is 1.84 bits per heavy atom. The van der Waals surface area contributed by atoms with Crippen molar-refractivity contribution in [3.63, 3.8) is 0 Å². The molecule has 0 unspecified atom stereocenters. The van der Waals surface area contributed by atoms with Gasteiger partial charge in [0.05, 0.1) is 7.11 Å². The van der Waals surface area contributed by atoms with Crippen molar-refractivity contribution in [1.82, 2.24) is 0 Å². The van der Waals surface area contributed by atoms with Gasteiger partial charge in [0.1, 0.15) is 5.75 Å². The number of methoxy groups -OCH3 is 1. The molecule has 1 aromatic rings. The van der Waals surface area contributed by atoms with Crippen LogP contribution in [0.4, 0.5) is 0 Å². The van der Waals surface area contributed by atoms with E-state index >= 15 is 0 Å². The van der Waals surface area contributed by atoms with Crippen LogP contribution in [0.25, 0.3) is 0 Å². The van der Waals surface area contributed by atoms with Gasteiger partial charge in [0.2, 0.25) is 5.91 Å². The third-order valence-electron chi connectivity index (χ3n) is 3.61. The van der Waals surface area contributed by atoms with Gasteiger partial charge in [-0.3, -0.25) is 9.59 Å². The first-order valence-corrected chi connectivity index (χ1v) is 6.63. The van der Waals surface area contributed by atoms with Gasteiger partial charge in [-0.2, -0.15) is 0 Å². The van der Waals surface area contributed by atoms with Crippen LogP contribution in [0.5, 0.6) is 5.75 Å². The summed E-state index contributed by atoms with van der Waals surface area (Å²) in [5.74, 6) is 0.427. The number of amides is 1. The molecule has 0 saturated carbocycles. The van der Waals surface area contributed by atoms with Crippen LogP contribution in [0.15, 0.2) is 12.1 Å². The van der Waals surface area contributed by atoms with Crippen LogP contribution in [-0.2, 0) is 17.6 Å². The molecule has 19 heavy (non-hydrogen) atoms. The SMILES string of the molecule is COc1ccc(C(=O)CCC(N)=O)c2c1CCCC2. The Bertz CT molecular complexity index is 508. The Morgan fingerprint density at radius 3 is 2.47 bits per heavy atom. The molecule has 2 N–H and O–H groups in total. The second-order valence-corrected chi connectivity index (χ2v) is 4.87. The minimum absolute atomic E-state index is 0.000368. The van der Waals surface area contributed by atoms with Crippen LogP contribution in [0.3, 0.4) is 0 Å². The van der Waals surface area contributed by atoms with E-state index < -0.39 is 5.91 Å². The molecule has 1 aliphatic rings. The summed E-state index contributed by atoms with van der Waals surface area (Å²) in [6.07, 6.45) is 4.38. The van der Waals surface area contributed by atoms with Gasteiger partial charge in [0, 0.05) is 18.4 Å². The summed E-state index contributed by atoms with van der Waals surface area (Å²) in [4.78, 5) is 22.9. The van der Waals surface area contributed by atoms with E-state index in [2.05, 4.69) is 0 Å². The maximum Gasteiger partial charge on any atom is 0.217 e. The van der Waals surface area contributed by atoms with Crippen LogP contribution in [-0.4, -0.2) is 18.8 Å². The predicted molar refractivity (Wildman–Crippen MR) is 72.4 cm³/mol. The zero-order valence-corrected chi connectivity index (χ0v) is 11.2. The van der Waals surface area contributed by atoms with Crippen molar-refractivity contribution in [2.24, 2.45) is 5.73 Å². The fourth-order valence-electron chi connectivity index (χ4n) is 2.66. The van der Waals surface area contributed by atoms with Crippen molar-refractivity contribution < 1.29 is 14.3 Å². The summed E-state index contributed by atoms with van der Waals surface area (Å²) < 4.78 is 5.36. The number of fused-ring (bicyclic) bond motifs is 1. The molecule has 0 fully saturated rings. The number of hydrogen-bond donors (Lipinski definition) is 1. The molecular formula is C15H19NO3. The summed E-state index contributed by atoms with van der Waals surface area (Å²) in [5.41, 5.74) is 8.07. The van der Waals surface area contributed by atoms with Crippen LogP contribution in [0.2, 0.25) is 0 Å². The van der Waals surface area contributed by atoms with E-state index in [0.717, 1.165) is 48.1 Å². The molecule has 0 radical (unpaired) electrons. The van der Waals surface area contributed by atoms with Crippen LogP contribution in [0, 0.1) is 0 Å².